The van der Waals surface area contributed by atoms with Crippen LogP contribution >= 0.6 is 23.2 Å². The van der Waals surface area contributed by atoms with Gasteiger partial charge in [-0.15, -0.1) is 0 Å². The number of carboxylic acids is 1. The number of nitrogens with zero attached hydrogens (tertiary/aromatic N) is 1. The summed E-state index contributed by atoms with van der Waals surface area (Å²) in [6.07, 6.45) is 7.25. The van der Waals surface area contributed by atoms with Gasteiger partial charge in [0.25, 0.3) is 0 Å². The van der Waals surface area contributed by atoms with Crippen molar-refractivity contribution in [1.29, 1.82) is 0 Å². The van der Waals surface area contributed by atoms with Crippen LogP contribution in [-0.2, 0) is 38.1 Å². The number of carboxylic acid groups (broad SMARTS) is 1. The molecule has 3 aromatic rings. The Hall–Kier alpha value is -2.45. The van der Waals surface area contributed by atoms with E-state index >= 15 is 0 Å². The number of ether oxygens (including phenoxy) is 2. The van der Waals surface area contributed by atoms with Crippen molar-refractivity contribution in [2.24, 2.45) is 0 Å². The molecule has 0 aliphatic heterocycles. The number of aromatic nitrogens is 1. The molecule has 6 nitrogen and oxygen atoms in total. The molecule has 9 heteroatoms. The average molecular weight is 593 g/mol. The molecular formula is C30H35Cl2NO5S. The van der Waals surface area contributed by atoms with Gasteiger partial charge in [0.2, 0.25) is 5.60 Å². The van der Waals surface area contributed by atoms with Gasteiger partial charge in [0.15, 0.2) is 0 Å². The van der Waals surface area contributed by atoms with E-state index in [0.29, 0.717) is 27.2 Å². The number of aryl methyl sites for hydroxylation is 1. The number of carbonyl (C=O) groups is 1. The number of aliphatic carboxylic acids is 1. The number of unbranched alkanes of at least 4 members (excludes halogenated alkanes) is 5. The highest BCUT2D eigenvalue weighted by molar-refractivity contribution is 7.84. The van der Waals surface area contributed by atoms with Crippen LogP contribution in [0.2, 0.25) is 10.0 Å². The van der Waals surface area contributed by atoms with E-state index < -0.39 is 22.4 Å². The van der Waals surface area contributed by atoms with Crippen molar-refractivity contribution in [3.63, 3.8) is 0 Å². The lowest BCUT2D eigenvalue weighted by molar-refractivity contribution is -0.166. The van der Waals surface area contributed by atoms with Gasteiger partial charge in [-0.1, -0.05) is 73.2 Å². The van der Waals surface area contributed by atoms with Gasteiger partial charge in [0, 0.05) is 6.61 Å². The third kappa shape index (κ3) is 9.04. The fraction of sp³-hybridized carbons (Fsp3) is 0.400. The van der Waals surface area contributed by atoms with Crippen LogP contribution in [0.25, 0.3) is 0 Å². The summed E-state index contributed by atoms with van der Waals surface area (Å²) in [5, 5.41) is 10.6. The van der Waals surface area contributed by atoms with E-state index in [-0.39, 0.29) is 11.4 Å². The Labute approximate surface area is 243 Å². The molecule has 0 aliphatic carbocycles. The van der Waals surface area contributed by atoms with Gasteiger partial charge in [-0.2, -0.15) is 0 Å². The van der Waals surface area contributed by atoms with Crippen molar-refractivity contribution in [3.05, 3.63) is 87.7 Å². The van der Waals surface area contributed by atoms with Crippen LogP contribution in [0.4, 0.5) is 0 Å². The Bertz CT molecular complexity index is 1230. The van der Waals surface area contributed by atoms with Crippen LogP contribution in [0.1, 0.15) is 62.4 Å². The molecule has 0 fully saturated rings. The number of hydrogen-bond donors (Lipinski definition) is 1. The SMILES string of the molecule is COc1ccc(CCCCCCCCOC(C)(C(=O)O)c2cccc(CS(=O)c3c(Cl)cccc3Cl)n2)cc1. The molecule has 2 unspecified atom stereocenters. The smallest absolute Gasteiger partial charge is 0.342 e. The van der Waals surface area contributed by atoms with E-state index in [1.807, 2.05) is 12.1 Å². The molecule has 2 aromatic carbocycles. The highest BCUT2D eigenvalue weighted by atomic mass is 35.5. The van der Waals surface area contributed by atoms with Crippen LogP contribution in [0.5, 0.6) is 5.75 Å². The second-order valence-electron chi connectivity index (χ2n) is 9.46. The number of methoxy groups -OCH3 is 1. The monoisotopic (exact) mass is 591 g/mol. The number of benzene rings is 2. The van der Waals surface area contributed by atoms with Crippen molar-refractivity contribution in [2.45, 2.75) is 68.1 Å². The Kier molecular flexibility index (Phi) is 12.2. The summed E-state index contributed by atoms with van der Waals surface area (Å²) >= 11 is 12.4. The third-order valence-corrected chi connectivity index (χ3v) is 8.85. The highest BCUT2D eigenvalue weighted by Crippen LogP contribution is 2.30. The number of rotatable bonds is 16. The van der Waals surface area contributed by atoms with Gasteiger partial charge in [-0.25, -0.2) is 4.79 Å². The fourth-order valence-electron chi connectivity index (χ4n) is 4.18. The summed E-state index contributed by atoms with van der Waals surface area (Å²) in [7, 11) is 0.122. The van der Waals surface area contributed by atoms with Crippen molar-refractivity contribution >= 4 is 40.0 Å². The first-order valence-corrected chi connectivity index (χ1v) is 15.1. The first-order valence-electron chi connectivity index (χ1n) is 13.0. The maximum atomic E-state index is 12.9. The van der Waals surface area contributed by atoms with Gasteiger partial charge in [0.1, 0.15) is 5.75 Å². The molecule has 0 amide bonds. The van der Waals surface area contributed by atoms with Crippen LogP contribution < -0.4 is 4.74 Å². The van der Waals surface area contributed by atoms with E-state index in [1.165, 1.54) is 12.5 Å². The summed E-state index contributed by atoms with van der Waals surface area (Å²) < 4.78 is 24.0. The van der Waals surface area contributed by atoms with Gasteiger partial charge < -0.3 is 14.6 Å². The summed E-state index contributed by atoms with van der Waals surface area (Å²) in [6.45, 7) is 1.81. The first kappa shape index (κ1) is 31.1. The molecule has 3 rings (SSSR count). The van der Waals surface area contributed by atoms with Gasteiger partial charge in [0.05, 0.1) is 50.0 Å². The van der Waals surface area contributed by atoms with E-state index in [2.05, 4.69) is 17.1 Å². The molecule has 0 saturated heterocycles. The fourth-order valence-corrected chi connectivity index (χ4v) is 6.24. The molecule has 0 aliphatic rings. The minimum atomic E-state index is -1.61. The number of pyridine rings is 1. The summed E-state index contributed by atoms with van der Waals surface area (Å²) in [4.78, 5) is 17.0. The highest BCUT2D eigenvalue weighted by Gasteiger charge is 2.38. The number of hydrogen-bond acceptors (Lipinski definition) is 5. The van der Waals surface area contributed by atoms with E-state index in [9.17, 15) is 14.1 Å². The lowest BCUT2D eigenvalue weighted by atomic mass is 10.0. The molecule has 0 radical (unpaired) electrons. The van der Waals surface area contributed by atoms with Crippen LogP contribution in [0.15, 0.2) is 65.6 Å². The molecule has 1 aromatic heterocycles. The topological polar surface area (TPSA) is 85.7 Å². The van der Waals surface area contributed by atoms with Crippen LogP contribution in [-0.4, -0.2) is 34.0 Å². The van der Waals surface area contributed by atoms with E-state index in [4.69, 9.17) is 32.7 Å². The minimum absolute atomic E-state index is 0.0471. The molecular weight excluding hydrogens is 557 g/mol. The van der Waals surface area contributed by atoms with Crippen LogP contribution in [0.3, 0.4) is 0 Å². The average Bonchev–Trinajstić information content (AvgIpc) is 2.92. The lowest BCUT2D eigenvalue weighted by Gasteiger charge is -2.25. The molecule has 0 bridgehead atoms. The molecule has 2 atom stereocenters. The van der Waals surface area contributed by atoms with Crippen molar-refractivity contribution < 1.29 is 23.6 Å². The Morgan fingerprint density at radius 3 is 2.18 bits per heavy atom. The lowest BCUT2D eigenvalue weighted by Crippen LogP contribution is -2.37. The van der Waals surface area contributed by atoms with Crippen LogP contribution in [0, 0.1) is 0 Å². The molecule has 1 N–H and O–H groups in total. The standard InChI is InChI=1S/C30H35Cl2NO5S/c1-30(29(34)35,38-20-8-6-4-3-5-7-11-22-16-18-24(37-2)19-17-22)27-15-9-12-23(33-27)21-39(36)28-25(31)13-10-14-26(28)32/h9-10,12-19H,3-8,11,20-21H2,1-2H3,(H,34,35). The maximum absolute atomic E-state index is 12.9. The van der Waals surface area contributed by atoms with E-state index in [1.54, 1.807) is 43.5 Å². The third-order valence-electron chi connectivity index (χ3n) is 6.54. The normalized spacial score (nSPS) is 13.5. The zero-order chi connectivity index (χ0) is 28.3. The predicted octanol–water partition coefficient (Wildman–Crippen LogP) is 7.60. The zero-order valence-corrected chi connectivity index (χ0v) is 24.7. The van der Waals surface area contributed by atoms with E-state index in [0.717, 1.165) is 50.7 Å². The quantitative estimate of drug-likeness (QED) is 0.172. The molecule has 39 heavy (non-hydrogen) atoms. The summed E-state index contributed by atoms with van der Waals surface area (Å²) in [5.74, 6) is -0.203. The minimum Gasteiger partial charge on any atom is -0.497 e. The molecule has 1 heterocycles. The molecule has 0 spiro atoms. The second-order valence-corrected chi connectivity index (χ2v) is 11.7. The maximum Gasteiger partial charge on any atom is 0.342 e. The van der Waals surface area contributed by atoms with Gasteiger partial charge >= 0.3 is 5.97 Å². The Balaban J connectivity index is 1.45. The predicted molar refractivity (Wildman–Crippen MR) is 156 cm³/mol. The summed E-state index contributed by atoms with van der Waals surface area (Å²) in [5.41, 5.74) is 0.423. The van der Waals surface area contributed by atoms with Gasteiger partial charge in [-0.05, 0) is 68.1 Å². The Morgan fingerprint density at radius 2 is 1.54 bits per heavy atom. The largest absolute Gasteiger partial charge is 0.497 e. The second kappa shape index (κ2) is 15.4. The van der Waals surface area contributed by atoms with Crippen molar-refractivity contribution in [3.8, 4) is 5.75 Å². The Morgan fingerprint density at radius 1 is 0.923 bits per heavy atom. The summed E-state index contributed by atoms with van der Waals surface area (Å²) in [6, 6.07) is 18.1. The van der Waals surface area contributed by atoms with Crippen molar-refractivity contribution in [1.82, 2.24) is 4.98 Å². The first-order chi connectivity index (χ1) is 18.7. The van der Waals surface area contributed by atoms with Crippen molar-refractivity contribution in [2.75, 3.05) is 13.7 Å². The van der Waals surface area contributed by atoms with Gasteiger partial charge in [-0.3, -0.25) is 9.19 Å². The molecule has 0 saturated carbocycles. The number of halogens is 2. The molecule has 210 valence electrons. The zero-order valence-electron chi connectivity index (χ0n) is 22.3.